The zero-order valence-electron chi connectivity index (χ0n) is 15.9. The molecular formula is C22H26N2O3S. The van der Waals surface area contributed by atoms with Crippen molar-refractivity contribution in [3.8, 4) is 0 Å². The molecule has 4 rings (SSSR count). The van der Waals surface area contributed by atoms with Crippen LogP contribution < -0.4 is 5.32 Å². The van der Waals surface area contributed by atoms with E-state index in [1.807, 2.05) is 12.1 Å². The van der Waals surface area contributed by atoms with Crippen LogP contribution in [0.4, 0.5) is 5.69 Å². The van der Waals surface area contributed by atoms with E-state index in [-0.39, 0.29) is 11.8 Å². The van der Waals surface area contributed by atoms with Crippen molar-refractivity contribution in [2.45, 2.75) is 43.4 Å². The first-order chi connectivity index (χ1) is 13.6. The molecule has 6 heteroatoms. The third-order valence-electron chi connectivity index (χ3n) is 5.86. The second-order valence-corrected chi connectivity index (χ2v) is 9.57. The van der Waals surface area contributed by atoms with Gasteiger partial charge in [0.25, 0.3) is 0 Å². The monoisotopic (exact) mass is 398 g/mol. The molecule has 0 spiro atoms. The van der Waals surface area contributed by atoms with Crippen LogP contribution in [0.2, 0.25) is 0 Å². The summed E-state index contributed by atoms with van der Waals surface area (Å²) in [6.45, 7) is 0.754. The molecule has 148 valence electrons. The van der Waals surface area contributed by atoms with E-state index in [1.54, 1.807) is 30.3 Å². The molecule has 0 saturated carbocycles. The van der Waals surface area contributed by atoms with Gasteiger partial charge in [-0.15, -0.1) is 0 Å². The van der Waals surface area contributed by atoms with Gasteiger partial charge in [-0.3, -0.25) is 4.79 Å². The Bertz CT molecular complexity index is 949. The number of piperidine rings is 1. The largest absolute Gasteiger partial charge is 0.326 e. The van der Waals surface area contributed by atoms with Crippen LogP contribution in [0.25, 0.3) is 0 Å². The van der Waals surface area contributed by atoms with Crippen molar-refractivity contribution < 1.29 is 13.2 Å². The summed E-state index contributed by atoms with van der Waals surface area (Å²) in [6, 6.07) is 14.6. The minimum absolute atomic E-state index is 0.00994. The molecule has 28 heavy (non-hydrogen) atoms. The predicted octanol–water partition coefficient (Wildman–Crippen LogP) is 3.60. The van der Waals surface area contributed by atoms with Gasteiger partial charge < -0.3 is 5.32 Å². The molecule has 2 aliphatic rings. The number of fused-ring (bicyclic) bond motifs is 1. The fraction of sp³-hybridized carbons (Fsp3) is 0.409. The van der Waals surface area contributed by atoms with Crippen molar-refractivity contribution in [1.29, 1.82) is 0 Å². The van der Waals surface area contributed by atoms with E-state index in [0.717, 1.165) is 24.9 Å². The van der Waals surface area contributed by atoms with Gasteiger partial charge >= 0.3 is 0 Å². The van der Waals surface area contributed by atoms with Crippen molar-refractivity contribution in [2.75, 3.05) is 18.4 Å². The van der Waals surface area contributed by atoms with Crippen LogP contribution in [-0.4, -0.2) is 31.7 Å². The molecule has 0 atom stereocenters. The Hall–Kier alpha value is -2.18. The number of benzene rings is 2. The molecule has 1 amide bonds. The second kappa shape index (κ2) is 8.05. The smallest absolute Gasteiger partial charge is 0.243 e. The summed E-state index contributed by atoms with van der Waals surface area (Å²) in [5.74, 6) is -0.141. The molecule has 2 aromatic rings. The Balaban J connectivity index is 1.40. The lowest BCUT2D eigenvalue weighted by molar-refractivity contribution is -0.120. The van der Waals surface area contributed by atoms with E-state index in [0.29, 0.717) is 30.8 Å². The Morgan fingerprint density at radius 2 is 1.64 bits per heavy atom. The highest BCUT2D eigenvalue weighted by Crippen LogP contribution is 2.29. The molecule has 2 aromatic carbocycles. The van der Waals surface area contributed by atoms with Crippen LogP contribution in [0.15, 0.2) is 53.4 Å². The van der Waals surface area contributed by atoms with Gasteiger partial charge in [0.2, 0.25) is 15.9 Å². The highest BCUT2D eigenvalue weighted by atomic mass is 32.2. The zero-order valence-corrected chi connectivity index (χ0v) is 16.7. The molecule has 1 saturated heterocycles. The standard InChI is InChI=1S/C22H26N2O3S/c25-22(23-21-12-6-8-17-7-4-5-11-20(17)21)18-13-15-24(16-14-18)28(26,27)19-9-2-1-3-10-19/h1-3,6,8-10,12,18H,4-5,7,11,13-16H2,(H,23,25). The molecule has 1 aliphatic heterocycles. The maximum atomic E-state index is 12.8. The molecule has 0 aromatic heterocycles. The highest BCUT2D eigenvalue weighted by molar-refractivity contribution is 7.89. The molecule has 0 bridgehead atoms. The van der Waals surface area contributed by atoms with Crippen LogP contribution in [0, 0.1) is 5.92 Å². The van der Waals surface area contributed by atoms with Gasteiger partial charge in [0.1, 0.15) is 0 Å². The predicted molar refractivity (Wildman–Crippen MR) is 110 cm³/mol. The first-order valence-corrected chi connectivity index (χ1v) is 11.5. The molecule has 1 heterocycles. The number of sulfonamides is 1. The third kappa shape index (κ3) is 3.84. The average Bonchev–Trinajstić information content (AvgIpc) is 2.75. The summed E-state index contributed by atoms with van der Waals surface area (Å²) < 4.78 is 27.0. The summed E-state index contributed by atoms with van der Waals surface area (Å²) in [6.07, 6.45) is 5.56. The van der Waals surface area contributed by atoms with Gasteiger partial charge in [-0.1, -0.05) is 30.3 Å². The number of anilines is 1. The maximum Gasteiger partial charge on any atom is 0.243 e. The fourth-order valence-corrected chi connectivity index (χ4v) is 5.72. The van der Waals surface area contributed by atoms with Crippen molar-refractivity contribution in [3.63, 3.8) is 0 Å². The summed E-state index contributed by atoms with van der Waals surface area (Å²) in [5, 5.41) is 3.12. The average molecular weight is 399 g/mol. The number of aryl methyl sites for hydroxylation is 1. The number of hydrogen-bond acceptors (Lipinski definition) is 3. The fourth-order valence-electron chi connectivity index (χ4n) is 4.23. The molecule has 5 nitrogen and oxygen atoms in total. The third-order valence-corrected chi connectivity index (χ3v) is 7.77. The minimum Gasteiger partial charge on any atom is -0.326 e. The number of nitrogens with one attached hydrogen (secondary N) is 1. The van der Waals surface area contributed by atoms with Gasteiger partial charge in [-0.25, -0.2) is 8.42 Å². The summed E-state index contributed by atoms with van der Waals surface area (Å²) in [4.78, 5) is 13.1. The molecule has 0 unspecified atom stereocenters. The SMILES string of the molecule is O=C(Nc1cccc2c1CCCC2)C1CCN(S(=O)(=O)c2ccccc2)CC1. The van der Waals surface area contributed by atoms with Crippen LogP contribution in [0.3, 0.4) is 0 Å². The number of rotatable bonds is 4. The number of carbonyl (C=O) groups excluding carboxylic acids is 1. The van der Waals surface area contributed by atoms with Gasteiger partial charge in [0.15, 0.2) is 0 Å². The highest BCUT2D eigenvalue weighted by Gasteiger charge is 2.32. The van der Waals surface area contributed by atoms with Gasteiger partial charge in [0, 0.05) is 24.7 Å². The van der Waals surface area contributed by atoms with Crippen LogP contribution in [0.5, 0.6) is 0 Å². The van der Waals surface area contributed by atoms with E-state index < -0.39 is 10.0 Å². The first-order valence-electron chi connectivity index (χ1n) is 10.0. The second-order valence-electron chi connectivity index (χ2n) is 7.63. The molecule has 1 fully saturated rings. The Kier molecular flexibility index (Phi) is 5.51. The van der Waals surface area contributed by atoms with E-state index in [4.69, 9.17) is 0 Å². The Morgan fingerprint density at radius 1 is 0.929 bits per heavy atom. The maximum absolute atomic E-state index is 12.8. The Labute approximate surface area is 166 Å². The topological polar surface area (TPSA) is 66.5 Å². The molecule has 0 radical (unpaired) electrons. The van der Waals surface area contributed by atoms with E-state index in [2.05, 4.69) is 11.4 Å². The summed E-state index contributed by atoms with van der Waals surface area (Å²) in [5.41, 5.74) is 3.54. The van der Waals surface area contributed by atoms with E-state index in [9.17, 15) is 13.2 Å². The number of amides is 1. The summed E-state index contributed by atoms with van der Waals surface area (Å²) >= 11 is 0. The zero-order chi connectivity index (χ0) is 19.6. The minimum atomic E-state index is -3.48. The van der Waals surface area contributed by atoms with E-state index in [1.165, 1.54) is 21.9 Å². The molecule has 1 aliphatic carbocycles. The van der Waals surface area contributed by atoms with Crippen molar-refractivity contribution in [1.82, 2.24) is 4.31 Å². The van der Waals surface area contributed by atoms with Crippen molar-refractivity contribution >= 4 is 21.6 Å². The normalized spacial score (nSPS) is 18.4. The number of hydrogen-bond donors (Lipinski definition) is 1. The molecular weight excluding hydrogens is 372 g/mol. The van der Waals surface area contributed by atoms with Crippen molar-refractivity contribution in [3.05, 3.63) is 59.7 Å². The first kappa shape index (κ1) is 19.2. The lowest BCUT2D eigenvalue weighted by atomic mass is 9.90. The summed E-state index contributed by atoms with van der Waals surface area (Å²) in [7, 11) is -3.48. The van der Waals surface area contributed by atoms with Crippen LogP contribution >= 0.6 is 0 Å². The lowest BCUT2D eigenvalue weighted by Gasteiger charge is -2.31. The van der Waals surface area contributed by atoms with Crippen LogP contribution in [-0.2, 0) is 27.7 Å². The Morgan fingerprint density at radius 3 is 2.39 bits per heavy atom. The van der Waals surface area contributed by atoms with Gasteiger partial charge in [-0.2, -0.15) is 4.31 Å². The van der Waals surface area contributed by atoms with Gasteiger partial charge in [-0.05, 0) is 67.9 Å². The lowest BCUT2D eigenvalue weighted by Crippen LogP contribution is -2.41. The molecule has 1 N–H and O–H groups in total. The number of nitrogens with zero attached hydrogens (tertiary/aromatic N) is 1. The van der Waals surface area contributed by atoms with Crippen molar-refractivity contribution in [2.24, 2.45) is 5.92 Å². The quantitative estimate of drug-likeness (QED) is 0.856. The van der Waals surface area contributed by atoms with Gasteiger partial charge in [0.05, 0.1) is 4.90 Å². The number of carbonyl (C=O) groups is 1. The van der Waals surface area contributed by atoms with Crippen LogP contribution in [0.1, 0.15) is 36.8 Å². The van der Waals surface area contributed by atoms with E-state index >= 15 is 0 Å².